The Kier molecular flexibility index (Phi) is 20.3. The van der Waals surface area contributed by atoms with Crippen LogP contribution in [0.2, 0.25) is 0 Å². The Morgan fingerprint density at radius 2 is 1.47 bits per heavy atom. The fraction of sp³-hybridized carbons (Fsp3) is 0.385. The standard InChI is InChI=1S/C7H8FN.C2H4N2.2C2H6/c1-5-2-3-6(9)4-7(5)8;3-1-2-4;2*1-2/h2-4H,9H2,1H3;1-4H;2*1-2H3. The van der Waals surface area contributed by atoms with Crippen LogP contribution in [0, 0.1) is 23.6 Å². The molecule has 0 spiro atoms. The fourth-order valence-corrected chi connectivity index (χ4v) is 0.609. The molecule has 1 aromatic carbocycles. The number of nitrogens with one attached hydrogen (secondary N) is 2. The van der Waals surface area contributed by atoms with Crippen molar-refractivity contribution in [3.8, 4) is 0 Å². The van der Waals surface area contributed by atoms with Gasteiger partial charge < -0.3 is 16.6 Å². The number of nitrogens with two attached hydrogens (primary N) is 1. The van der Waals surface area contributed by atoms with Crippen LogP contribution in [0.4, 0.5) is 10.1 Å². The normalized spacial score (nSPS) is 6.94. The third kappa shape index (κ3) is 14.3. The van der Waals surface area contributed by atoms with E-state index < -0.39 is 0 Å². The molecule has 1 aromatic rings. The summed E-state index contributed by atoms with van der Waals surface area (Å²) in [6.45, 7) is 9.70. The number of nitrogen functional groups attached to an aromatic ring is 1. The number of anilines is 1. The zero-order valence-electron chi connectivity index (χ0n) is 11.3. The van der Waals surface area contributed by atoms with Gasteiger partial charge in [-0.2, -0.15) is 0 Å². The van der Waals surface area contributed by atoms with Gasteiger partial charge in [-0.05, 0) is 24.6 Å². The minimum absolute atomic E-state index is 0.241. The lowest BCUT2D eigenvalue weighted by Crippen LogP contribution is -1.87. The first-order valence-corrected chi connectivity index (χ1v) is 5.63. The van der Waals surface area contributed by atoms with E-state index in [2.05, 4.69) is 0 Å². The van der Waals surface area contributed by atoms with E-state index in [1.807, 2.05) is 27.7 Å². The highest BCUT2D eigenvalue weighted by Crippen LogP contribution is 2.09. The number of rotatable bonds is 1. The van der Waals surface area contributed by atoms with E-state index in [0.29, 0.717) is 11.3 Å². The second kappa shape index (κ2) is 16.7. The van der Waals surface area contributed by atoms with Crippen molar-refractivity contribution in [3.05, 3.63) is 29.6 Å². The van der Waals surface area contributed by atoms with Gasteiger partial charge in [0.15, 0.2) is 0 Å². The Balaban J connectivity index is -0.000000208. The zero-order valence-corrected chi connectivity index (χ0v) is 11.3. The molecule has 0 aliphatic rings. The van der Waals surface area contributed by atoms with E-state index in [1.54, 1.807) is 19.1 Å². The smallest absolute Gasteiger partial charge is 0.128 e. The molecule has 0 saturated carbocycles. The van der Waals surface area contributed by atoms with E-state index in [4.69, 9.17) is 16.6 Å². The average Bonchev–Trinajstić information content (AvgIpc) is 2.39. The zero-order chi connectivity index (χ0) is 14.3. The minimum atomic E-state index is -0.241. The third-order valence-electron chi connectivity index (χ3n) is 1.28. The number of halogens is 1. The number of aryl methyl sites for hydroxylation is 1. The van der Waals surface area contributed by atoms with Crippen LogP contribution in [0.5, 0.6) is 0 Å². The molecule has 0 radical (unpaired) electrons. The van der Waals surface area contributed by atoms with Gasteiger partial charge in [0.05, 0.1) is 0 Å². The topological polar surface area (TPSA) is 73.7 Å². The van der Waals surface area contributed by atoms with Crippen LogP contribution >= 0.6 is 0 Å². The van der Waals surface area contributed by atoms with Gasteiger partial charge in [-0.1, -0.05) is 33.8 Å². The summed E-state index contributed by atoms with van der Waals surface area (Å²) in [4.78, 5) is 0. The van der Waals surface area contributed by atoms with Crippen LogP contribution in [0.25, 0.3) is 0 Å². The van der Waals surface area contributed by atoms with Crippen molar-refractivity contribution < 1.29 is 4.39 Å². The summed E-state index contributed by atoms with van der Waals surface area (Å²) in [6, 6.07) is 4.65. The molecule has 4 heteroatoms. The van der Waals surface area contributed by atoms with Crippen LogP contribution in [0.1, 0.15) is 33.3 Å². The first-order chi connectivity index (χ1) is 8.11. The molecule has 17 heavy (non-hydrogen) atoms. The summed E-state index contributed by atoms with van der Waals surface area (Å²) in [5.41, 5.74) is 6.39. The van der Waals surface area contributed by atoms with E-state index >= 15 is 0 Å². The van der Waals surface area contributed by atoms with Crippen molar-refractivity contribution in [2.75, 3.05) is 5.73 Å². The van der Waals surface area contributed by atoms with Gasteiger partial charge in [0.25, 0.3) is 0 Å². The van der Waals surface area contributed by atoms with E-state index in [0.717, 1.165) is 12.4 Å². The minimum Gasteiger partial charge on any atom is -0.399 e. The molecule has 0 aliphatic carbocycles. The van der Waals surface area contributed by atoms with E-state index in [9.17, 15) is 4.39 Å². The van der Waals surface area contributed by atoms with Crippen molar-refractivity contribution in [1.29, 1.82) is 10.8 Å². The fourth-order valence-electron chi connectivity index (χ4n) is 0.609. The molecule has 0 unspecified atom stereocenters. The molecule has 0 amide bonds. The van der Waals surface area contributed by atoms with Crippen molar-refractivity contribution in [2.24, 2.45) is 0 Å². The summed E-state index contributed by atoms with van der Waals surface area (Å²) >= 11 is 0. The van der Waals surface area contributed by atoms with Crippen molar-refractivity contribution in [3.63, 3.8) is 0 Å². The maximum Gasteiger partial charge on any atom is 0.128 e. The summed E-state index contributed by atoms with van der Waals surface area (Å²) in [7, 11) is 0. The Hall–Kier alpha value is -1.71. The van der Waals surface area contributed by atoms with Crippen molar-refractivity contribution in [2.45, 2.75) is 34.6 Å². The molecule has 0 aromatic heterocycles. The van der Waals surface area contributed by atoms with E-state index in [1.165, 1.54) is 6.07 Å². The Morgan fingerprint density at radius 3 is 1.71 bits per heavy atom. The second-order valence-electron chi connectivity index (χ2n) is 2.34. The SMILES string of the molecule is CC.CC.Cc1ccc(N)cc1F.N=CC=N. The van der Waals surface area contributed by atoms with Crippen LogP contribution in [0.15, 0.2) is 18.2 Å². The quantitative estimate of drug-likeness (QED) is 0.503. The van der Waals surface area contributed by atoms with Gasteiger partial charge in [-0.15, -0.1) is 0 Å². The van der Waals surface area contributed by atoms with Gasteiger partial charge >= 0.3 is 0 Å². The number of hydrogen-bond donors (Lipinski definition) is 3. The third-order valence-corrected chi connectivity index (χ3v) is 1.28. The molecule has 0 bridgehead atoms. The van der Waals surface area contributed by atoms with Gasteiger partial charge in [0, 0.05) is 18.1 Å². The Bertz CT molecular complexity index is 293. The average molecular weight is 241 g/mol. The van der Waals surface area contributed by atoms with Crippen LogP contribution in [-0.2, 0) is 0 Å². The number of hydrogen-bond acceptors (Lipinski definition) is 3. The summed E-state index contributed by atoms with van der Waals surface area (Å²) in [5.74, 6) is -0.241. The van der Waals surface area contributed by atoms with Gasteiger partial charge in [-0.25, -0.2) is 4.39 Å². The highest BCUT2D eigenvalue weighted by molar-refractivity contribution is 6.12. The van der Waals surface area contributed by atoms with Gasteiger partial charge in [-0.3, -0.25) is 0 Å². The van der Waals surface area contributed by atoms with Gasteiger partial charge in [0.2, 0.25) is 0 Å². The summed E-state index contributed by atoms with van der Waals surface area (Å²) in [6.07, 6.45) is 1.83. The van der Waals surface area contributed by atoms with Crippen LogP contribution < -0.4 is 5.73 Å². The van der Waals surface area contributed by atoms with Crippen LogP contribution in [0.3, 0.4) is 0 Å². The lowest BCUT2D eigenvalue weighted by atomic mass is 10.2. The molecule has 98 valence electrons. The summed E-state index contributed by atoms with van der Waals surface area (Å²) in [5, 5.41) is 12.2. The molecule has 4 N–H and O–H groups in total. The highest BCUT2D eigenvalue weighted by atomic mass is 19.1. The molecule has 0 saturated heterocycles. The monoisotopic (exact) mass is 241 g/mol. The molecule has 3 nitrogen and oxygen atoms in total. The lowest BCUT2D eigenvalue weighted by molar-refractivity contribution is 0.619. The van der Waals surface area contributed by atoms with Crippen molar-refractivity contribution >= 4 is 18.1 Å². The summed E-state index contributed by atoms with van der Waals surface area (Å²) < 4.78 is 12.5. The number of benzene rings is 1. The maximum absolute atomic E-state index is 12.5. The lowest BCUT2D eigenvalue weighted by Gasteiger charge is -1.94. The Labute approximate surface area is 104 Å². The predicted molar refractivity (Wildman–Crippen MR) is 75.8 cm³/mol. The predicted octanol–water partition coefficient (Wildman–Crippen LogP) is 4.05. The molecule has 0 aliphatic heterocycles. The first kappa shape index (κ1) is 20.7. The highest BCUT2D eigenvalue weighted by Gasteiger charge is 1.93. The van der Waals surface area contributed by atoms with Crippen LogP contribution in [-0.4, -0.2) is 12.4 Å². The second-order valence-corrected chi connectivity index (χ2v) is 2.34. The molecular weight excluding hydrogens is 217 g/mol. The van der Waals surface area contributed by atoms with Gasteiger partial charge in [0.1, 0.15) is 5.82 Å². The molecule has 0 heterocycles. The molecular formula is C13H24FN3. The molecule has 1 rings (SSSR count). The maximum atomic E-state index is 12.5. The Morgan fingerprint density at radius 1 is 1.06 bits per heavy atom. The largest absolute Gasteiger partial charge is 0.399 e. The first-order valence-electron chi connectivity index (χ1n) is 5.63. The molecule has 0 atom stereocenters. The van der Waals surface area contributed by atoms with Crippen molar-refractivity contribution in [1.82, 2.24) is 0 Å². The van der Waals surface area contributed by atoms with E-state index in [-0.39, 0.29) is 5.82 Å². The molecule has 0 fully saturated rings.